The number of ether oxygens (including phenoxy) is 2. The molecule has 1 aliphatic carbocycles. The molecule has 0 saturated carbocycles. The van der Waals surface area contributed by atoms with Gasteiger partial charge in [-0.25, -0.2) is 0 Å². The zero-order valence-corrected chi connectivity index (χ0v) is 16.4. The Hall–Kier alpha value is -2.92. The predicted octanol–water partition coefficient (Wildman–Crippen LogP) is 4.30. The van der Waals surface area contributed by atoms with E-state index in [0.717, 1.165) is 11.1 Å². The van der Waals surface area contributed by atoms with Gasteiger partial charge in [0.25, 0.3) is 0 Å². The number of hydrogen-bond acceptors (Lipinski definition) is 5. The summed E-state index contributed by atoms with van der Waals surface area (Å²) in [6, 6.07) is 12.7. The molecule has 0 amide bonds. The second-order valence-corrected chi connectivity index (χ2v) is 7.17. The van der Waals surface area contributed by atoms with Crippen molar-refractivity contribution in [2.75, 3.05) is 14.2 Å². The maximum atomic E-state index is 13.2. The Labute approximate surface area is 167 Å². The third-order valence-electron chi connectivity index (χ3n) is 5.30. The molecule has 0 fully saturated rings. The lowest BCUT2D eigenvalue weighted by atomic mass is 9.75. The van der Waals surface area contributed by atoms with Crippen LogP contribution in [0.2, 0.25) is 5.02 Å². The molecule has 1 unspecified atom stereocenters. The Morgan fingerprint density at radius 3 is 2.46 bits per heavy atom. The van der Waals surface area contributed by atoms with Crippen molar-refractivity contribution in [3.8, 4) is 5.75 Å². The van der Waals surface area contributed by atoms with Gasteiger partial charge in [-0.05, 0) is 24.6 Å². The van der Waals surface area contributed by atoms with Crippen LogP contribution in [0.15, 0.2) is 53.0 Å². The molecule has 0 spiro atoms. The van der Waals surface area contributed by atoms with Crippen molar-refractivity contribution in [1.82, 2.24) is 0 Å². The fraction of sp³-hybridized carbons (Fsp3) is 0.227. The van der Waals surface area contributed by atoms with Crippen LogP contribution < -0.4 is 4.74 Å². The lowest BCUT2D eigenvalue weighted by Gasteiger charge is -2.30. The number of allylic oxidation sites excluding steroid dienone is 1. The summed E-state index contributed by atoms with van der Waals surface area (Å²) in [6.07, 6.45) is 0. The normalized spacial score (nSPS) is 20.4. The van der Waals surface area contributed by atoms with Crippen LogP contribution in [-0.4, -0.2) is 31.7 Å². The summed E-state index contributed by atoms with van der Waals surface area (Å²) < 4.78 is 10.3. The second kappa shape index (κ2) is 6.91. The Morgan fingerprint density at radius 2 is 1.82 bits per heavy atom. The number of ketones is 1. The van der Waals surface area contributed by atoms with Crippen LogP contribution in [0, 0.1) is 5.92 Å². The number of aliphatic imine (C=N–C) groups is 1. The maximum absolute atomic E-state index is 13.2. The van der Waals surface area contributed by atoms with Crippen molar-refractivity contribution in [1.29, 1.82) is 0 Å². The van der Waals surface area contributed by atoms with Crippen LogP contribution in [0.5, 0.6) is 5.75 Å². The van der Waals surface area contributed by atoms with Gasteiger partial charge < -0.3 is 9.47 Å². The van der Waals surface area contributed by atoms with E-state index < -0.39 is 17.8 Å². The molecule has 0 bridgehead atoms. The quantitative estimate of drug-likeness (QED) is 0.726. The summed E-state index contributed by atoms with van der Waals surface area (Å²) in [4.78, 5) is 30.5. The molecular formula is C22H18ClNO4. The summed E-state index contributed by atoms with van der Waals surface area (Å²) in [5, 5.41) is 0.411. The van der Waals surface area contributed by atoms with Crippen LogP contribution in [0.3, 0.4) is 0 Å². The van der Waals surface area contributed by atoms with Crippen molar-refractivity contribution in [2.24, 2.45) is 10.9 Å². The third kappa shape index (κ3) is 2.66. The average molecular weight is 396 g/mol. The number of carbonyl (C=O) groups is 2. The van der Waals surface area contributed by atoms with Crippen molar-refractivity contribution in [3.05, 3.63) is 69.8 Å². The van der Waals surface area contributed by atoms with E-state index >= 15 is 0 Å². The Bertz CT molecular complexity index is 1070. The number of esters is 1. The summed E-state index contributed by atoms with van der Waals surface area (Å²) in [7, 11) is 2.87. The molecular weight excluding hydrogens is 378 g/mol. The molecule has 1 heterocycles. The minimum absolute atomic E-state index is 0.118. The molecule has 2 aromatic carbocycles. The fourth-order valence-corrected chi connectivity index (χ4v) is 4.28. The number of hydrogen-bond donors (Lipinski definition) is 0. The Morgan fingerprint density at radius 1 is 1.11 bits per heavy atom. The Balaban J connectivity index is 1.95. The van der Waals surface area contributed by atoms with Crippen LogP contribution in [0.4, 0.5) is 0 Å². The van der Waals surface area contributed by atoms with Gasteiger partial charge in [-0.1, -0.05) is 41.9 Å². The highest BCUT2D eigenvalue weighted by Gasteiger charge is 2.46. The van der Waals surface area contributed by atoms with E-state index in [1.165, 1.54) is 14.2 Å². The van der Waals surface area contributed by atoms with Gasteiger partial charge in [-0.3, -0.25) is 14.6 Å². The van der Waals surface area contributed by atoms with Crippen LogP contribution in [0.25, 0.3) is 5.70 Å². The number of carbonyl (C=O) groups excluding carboxylic acids is 2. The number of halogens is 1. The molecule has 4 rings (SSSR count). The predicted molar refractivity (Wildman–Crippen MR) is 107 cm³/mol. The molecule has 0 saturated heterocycles. The van der Waals surface area contributed by atoms with Crippen molar-refractivity contribution < 1.29 is 19.1 Å². The van der Waals surface area contributed by atoms with Gasteiger partial charge in [0.05, 0.1) is 24.9 Å². The third-order valence-corrected chi connectivity index (χ3v) is 5.59. The standard InChI is InChI=1S/C22H18ClNO4/c1-11-17(22(26)28-3)18(12-8-9-16(27-2)15(23)10-12)19-20(24-11)13-6-4-5-7-14(13)21(19)25/h4-10,17-18H,1-3H3/t17?,18-/m1/s1. The number of methoxy groups -OCH3 is 2. The van der Waals surface area contributed by atoms with Gasteiger partial charge in [-0.15, -0.1) is 0 Å². The van der Waals surface area contributed by atoms with E-state index in [1.54, 1.807) is 25.1 Å². The minimum atomic E-state index is -0.702. The largest absolute Gasteiger partial charge is 0.495 e. The van der Waals surface area contributed by atoms with E-state index in [9.17, 15) is 9.59 Å². The molecule has 0 radical (unpaired) electrons. The van der Waals surface area contributed by atoms with E-state index in [2.05, 4.69) is 4.99 Å². The molecule has 0 N–H and O–H groups in total. The van der Waals surface area contributed by atoms with Gasteiger partial charge in [0.2, 0.25) is 0 Å². The lowest BCUT2D eigenvalue weighted by molar-refractivity contribution is -0.143. The monoisotopic (exact) mass is 395 g/mol. The first-order valence-electron chi connectivity index (χ1n) is 8.82. The van der Waals surface area contributed by atoms with E-state index in [-0.39, 0.29) is 5.78 Å². The molecule has 2 aliphatic rings. The SMILES string of the molecule is COC(=O)C1C(C)=NC2=C(C(=O)c3ccccc32)[C@@H]1c1ccc(OC)c(Cl)c1. The van der Waals surface area contributed by atoms with E-state index in [1.807, 2.05) is 24.3 Å². The lowest BCUT2D eigenvalue weighted by Crippen LogP contribution is -2.34. The number of benzene rings is 2. The smallest absolute Gasteiger partial charge is 0.315 e. The first-order chi connectivity index (χ1) is 13.5. The molecule has 28 heavy (non-hydrogen) atoms. The molecule has 6 heteroatoms. The molecule has 2 atom stereocenters. The highest BCUT2D eigenvalue weighted by molar-refractivity contribution is 6.32. The van der Waals surface area contributed by atoms with Gasteiger partial charge >= 0.3 is 5.97 Å². The first kappa shape index (κ1) is 18.4. The topological polar surface area (TPSA) is 65.0 Å². The van der Waals surface area contributed by atoms with Gasteiger partial charge in [0.15, 0.2) is 5.78 Å². The summed E-state index contributed by atoms with van der Waals surface area (Å²) >= 11 is 6.34. The van der Waals surface area contributed by atoms with Crippen LogP contribution in [0.1, 0.15) is 34.3 Å². The summed E-state index contributed by atoms with van der Waals surface area (Å²) in [5.41, 5.74) is 3.85. The van der Waals surface area contributed by atoms with E-state index in [4.69, 9.17) is 21.1 Å². The number of rotatable bonds is 3. The maximum Gasteiger partial charge on any atom is 0.315 e. The van der Waals surface area contributed by atoms with Crippen molar-refractivity contribution >= 4 is 34.8 Å². The first-order valence-corrected chi connectivity index (χ1v) is 9.20. The minimum Gasteiger partial charge on any atom is -0.495 e. The zero-order chi connectivity index (χ0) is 20.0. The van der Waals surface area contributed by atoms with Crippen molar-refractivity contribution in [2.45, 2.75) is 12.8 Å². The Kier molecular flexibility index (Phi) is 4.55. The average Bonchev–Trinajstić information content (AvgIpc) is 2.98. The molecule has 1 aliphatic heterocycles. The molecule has 0 aromatic heterocycles. The van der Waals surface area contributed by atoms with Gasteiger partial charge in [-0.2, -0.15) is 0 Å². The number of Topliss-reactive ketones (excluding diaryl/α,β-unsaturated/α-hetero) is 1. The molecule has 5 nitrogen and oxygen atoms in total. The number of nitrogens with zero attached hydrogens (tertiary/aromatic N) is 1. The fourth-order valence-electron chi connectivity index (χ4n) is 4.02. The van der Waals surface area contributed by atoms with Crippen molar-refractivity contribution in [3.63, 3.8) is 0 Å². The van der Waals surface area contributed by atoms with Crippen LogP contribution >= 0.6 is 11.6 Å². The zero-order valence-electron chi connectivity index (χ0n) is 15.7. The van der Waals surface area contributed by atoms with Gasteiger partial charge in [0.1, 0.15) is 11.7 Å². The molecule has 142 valence electrons. The molecule has 2 aromatic rings. The van der Waals surface area contributed by atoms with Crippen LogP contribution in [-0.2, 0) is 9.53 Å². The number of fused-ring (bicyclic) bond motifs is 2. The highest BCUT2D eigenvalue weighted by Crippen LogP contribution is 2.48. The summed E-state index contributed by atoms with van der Waals surface area (Å²) in [5.74, 6) is -1.27. The van der Waals surface area contributed by atoms with Gasteiger partial charge in [0, 0.05) is 28.3 Å². The summed E-state index contributed by atoms with van der Waals surface area (Å²) in [6.45, 7) is 1.79. The highest BCUT2D eigenvalue weighted by atomic mass is 35.5. The van der Waals surface area contributed by atoms with E-state index in [0.29, 0.717) is 33.3 Å². The second-order valence-electron chi connectivity index (χ2n) is 6.76.